The van der Waals surface area contributed by atoms with Gasteiger partial charge in [0.05, 0.1) is 11.6 Å². The fraction of sp³-hybridized carbons (Fsp3) is 0.500. The van der Waals surface area contributed by atoms with E-state index in [1.54, 1.807) is 12.3 Å². The Morgan fingerprint density at radius 1 is 1.41 bits per heavy atom. The maximum Gasteiger partial charge on any atom is 0.160 e. The monoisotopic (exact) mass is 253 g/mol. The number of imidazole rings is 1. The van der Waals surface area contributed by atoms with Gasteiger partial charge in [0.1, 0.15) is 11.3 Å². The molecule has 0 aliphatic carbocycles. The lowest BCUT2D eigenvalue weighted by molar-refractivity contribution is 0.273. The summed E-state index contributed by atoms with van der Waals surface area (Å²) in [4.78, 5) is 8.86. The molecule has 2 rings (SSSR count). The molecule has 0 spiro atoms. The molecule has 0 saturated heterocycles. The lowest BCUT2D eigenvalue weighted by Crippen LogP contribution is -2.20. The van der Waals surface area contributed by atoms with E-state index in [1.807, 2.05) is 4.57 Å². The molecule has 17 heavy (non-hydrogen) atoms. The van der Waals surface area contributed by atoms with E-state index in [4.69, 9.17) is 16.7 Å². The van der Waals surface area contributed by atoms with Gasteiger partial charge in [0.2, 0.25) is 0 Å². The van der Waals surface area contributed by atoms with E-state index >= 15 is 0 Å². The van der Waals surface area contributed by atoms with Gasteiger partial charge in [-0.25, -0.2) is 9.97 Å². The van der Waals surface area contributed by atoms with Gasteiger partial charge in [-0.15, -0.1) is 0 Å². The van der Waals surface area contributed by atoms with E-state index in [9.17, 15) is 0 Å². The van der Waals surface area contributed by atoms with Crippen molar-refractivity contribution in [2.24, 2.45) is 0 Å². The lowest BCUT2D eigenvalue weighted by Gasteiger charge is -2.19. The minimum atomic E-state index is -0.0949. The van der Waals surface area contributed by atoms with Crippen molar-refractivity contribution in [3.05, 3.63) is 23.1 Å². The Morgan fingerprint density at radius 2 is 2.12 bits per heavy atom. The van der Waals surface area contributed by atoms with E-state index in [2.05, 4.69) is 30.7 Å². The summed E-state index contributed by atoms with van der Waals surface area (Å²) in [5, 5.41) is 9.72. The average molecular weight is 254 g/mol. The zero-order valence-corrected chi connectivity index (χ0v) is 11.0. The van der Waals surface area contributed by atoms with Gasteiger partial charge in [0.15, 0.2) is 5.65 Å². The van der Waals surface area contributed by atoms with Crippen molar-refractivity contribution in [1.29, 1.82) is 0 Å². The summed E-state index contributed by atoms with van der Waals surface area (Å²) >= 11 is 5.91. The number of nitrogens with zero attached hydrogens (tertiary/aromatic N) is 3. The van der Waals surface area contributed by atoms with E-state index in [0.717, 1.165) is 17.0 Å². The van der Waals surface area contributed by atoms with Crippen LogP contribution in [0.4, 0.5) is 0 Å². The molecule has 0 fully saturated rings. The largest absolute Gasteiger partial charge is 0.395 e. The Balaban J connectivity index is 2.70. The maximum atomic E-state index is 9.14. The summed E-state index contributed by atoms with van der Waals surface area (Å²) in [6.45, 7) is 6.83. The molecule has 0 amide bonds. The Kier molecular flexibility index (Phi) is 3.10. The second kappa shape index (κ2) is 4.27. The summed E-state index contributed by atoms with van der Waals surface area (Å²) in [6.07, 6.45) is 1.60. The predicted molar refractivity (Wildman–Crippen MR) is 68.3 cm³/mol. The third-order valence-electron chi connectivity index (χ3n) is 2.55. The summed E-state index contributed by atoms with van der Waals surface area (Å²) < 4.78 is 1.95. The van der Waals surface area contributed by atoms with Crippen LogP contribution < -0.4 is 0 Å². The SMILES string of the molecule is CC(C)(C)c1nc2cc(Cl)cnc2n1CCO. The van der Waals surface area contributed by atoms with Crippen molar-refractivity contribution in [3.63, 3.8) is 0 Å². The predicted octanol–water partition coefficient (Wildman–Crippen LogP) is 2.37. The molecule has 5 heteroatoms. The van der Waals surface area contributed by atoms with Gasteiger partial charge in [-0.1, -0.05) is 32.4 Å². The van der Waals surface area contributed by atoms with Crippen LogP contribution in [0, 0.1) is 0 Å². The number of rotatable bonds is 2. The molecule has 4 nitrogen and oxygen atoms in total. The first-order valence-corrected chi connectivity index (χ1v) is 5.94. The standard InChI is InChI=1S/C12H16ClN3O/c1-12(2,3)11-15-9-6-8(13)7-14-10(9)16(11)4-5-17/h6-7,17H,4-5H2,1-3H3. The van der Waals surface area contributed by atoms with Crippen LogP contribution >= 0.6 is 11.6 Å². The van der Waals surface area contributed by atoms with Gasteiger partial charge >= 0.3 is 0 Å². The zero-order chi connectivity index (χ0) is 12.6. The van der Waals surface area contributed by atoms with E-state index in [-0.39, 0.29) is 12.0 Å². The second-order valence-corrected chi connectivity index (χ2v) is 5.49. The summed E-state index contributed by atoms with van der Waals surface area (Å²) in [7, 11) is 0. The number of pyridine rings is 1. The molecular formula is C12H16ClN3O. The van der Waals surface area contributed by atoms with Crippen molar-refractivity contribution in [2.45, 2.75) is 32.7 Å². The molecule has 2 heterocycles. The quantitative estimate of drug-likeness (QED) is 0.894. The Hall–Kier alpha value is -1.13. The first-order chi connectivity index (χ1) is 7.93. The smallest absolute Gasteiger partial charge is 0.160 e. The van der Waals surface area contributed by atoms with Crippen LogP contribution in [0.2, 0.25) is 5.02 Å². The van der Waals surface area contributed by atoms with Crippen molar-refractivity contribution < 1.29 is 5.11 Å². The normalized spacial score (nSPS) is 12.3. The number of aliphatic hydroxyl groups excluding tert-OH is 1. The summed E-state index contributed by atoms with van der Waals surface area (Å²) in [5.41, 5.74) is 1.45. The fourth-order valence-corrected chi connectivity index (χ4v) is 2.02. The van der Waals surface area contributed by atoms with Crippen LogP contribution in [0.3, 0.4) is 0 Å². The minimum Gasteiger partial charge on any atom is -0.395 e. The molecule has 0 aliphatic heterocycles. The number of hydrogen-bond donors (Lipinski definition) is 1. The average Bonchev–Trinajstić information content (AvgIpc) is 2.56. The lowest BCUT2D eigenvalue weighted by atomic mass is 9.96. The van der Waals surface area contributed by atoms with E-state index in [1.165, 1.54) is 0 Å². The number of aliphatic hydroxyl groups is 1. The van der Waals surface area contributed by atoms with Crippen molar-refractivity contribution in [1.82, 2.24) is 14.5 Å². The molecule has 0 aromatic carbocycles. The Morgan fingerprint density at radius 3 is 2.71 bits per heavy atom. The van der Waals surface area contributed by atoms with Gasteiger partial charge in [-0.05, 0) is 6.07 Å². The molecule has 1 N–H and O–H groups in total. The topological polar surface area (TPSA) is 50.9 Å². The van der Waals surface area contributed by atoms with Crippen molar-refractivity contribution in [3.8, 4) is 0 Å². The maximum absolute atomic E-state index is 9.14. The molecule has 92 valence electrons. The summed E-state index contributed by atoms with van der Waals surface area (Å²) in [6, 6.07) is 1.80. The minimum absolute atomic E-state index is 0.0683. The van der Waals surface area contributed by atoms with Gasteiger partial charge < -0.3 is 9.67 Å². The molecule has 0 atom stereocenters. The highest BCUT2D eigenvalue weighted by molar-refractivity contribution is 6.31. The number of hydrogen-bond acceptors (Lipinski definition) is 3. The van der Waals surface area contributed by atoms with Crippen LogP contribution in [-0.2, 0) is 12.0 Å². The third kappa shape index (κ3) is 2.28. The molecule has 2 aromatic rings. The van der Waals surface area contributed by atoms with Gasteiger partial charge in [-0.2, -0.15) is 0 Å². The first-order valence-electron chi connectivity index (χ1n) is 5.56. The Labute approximate surface area is 105 Å². The van der Waals surface area contributed by atoms with Crippen LogP contribution in [-0.4, -0.2) is 26.2 Å². The van der Waals surface area contributed by atoms with E-state index in [0.29, 0.717) is 11.6 Å². The molecular weight excluding hydrogens is 238 g/mol. The number of halogens is 1. The van der Waals surface area contributed by atoms with Gasteiger partial charge in [0, 0.05) is 18.2 Å². The van der Waals surface area contributed by atoms with Crippen LogP contribution in [0.5, 0.6) is 0 Å². The zero-order valence-electron chi connectivity index (χ0n) is 10.2. The van der Waals surface area contributed by atoms with E-state index < -0.39 is 0 Å². The molecule has 0 bridgehead atoms. The molecule has 0 saturated carbocycles. The molecule has 0 aliphatic rings. The Bertz CT molecular complexity index is 542. The molecule has 0 unspecified atom stereocenters. The third-order valence-corrected chi connectivity index (χ3v) is 2.75. The van der Waals surface area contributed by atoms with Crippen LogP contribution in [0.25, 0.3) is 11.2 Å². The highest BCUT2D eigenvalue weighted by atomic mass is 35.5. The van der Waals surface area contributed by atoms with Gasteiger partial charge in [-0.3, -0.25) is 0 Å². The number of aromatic nitrogens is 3. The second-order valence-electron chi connectivity index (χ2n) is 5.06. The highest BCUT2D eigenvalue weighted by Gasteiger charge is 2.23. The first kappa shape index (κ1) is 12.3. The number of fused-ring (bicyclic) bond motifs is 1. The molecule has 2 aromatic heterocycles. The summed E-state index contributed by atoms with van der Waals surface area (Å²) in [5.74, 6) is 0.913. The van der Waals surface area contributed by atoms with Crippen LogP contribution in [0.15, 0.2) is 12.3 Å². The van der Waals surface area contributed by atoms with Crippen LogP contribution in [0.1, 0.15) is 26.6 Å². The highest BCUT2D eigenvalue weighted by Crippen LogP contribution is 2.26. The van der Waals surface area contributed by atoms with Gasteiger partial charge in [0.25, 0.3) is 0 Å². The molecule has 0 radical (unpaired) electrons. The van der Waals surface area contributed by atoms with Crippen molar-refractivity contribution >= 4 is 22.8 Å². The van der Waals surface area contributed by atoms with Crippen molar-refractivity contribution in [2.75, 3.05) is 6.61 Å². The fourth-order valence-electron chi connectivity index (χ4n) is 1.87.